The first-order valence-corrected chi connectivity index (χ1v) is 11.0. The summed E-state index contributed by atoms with van der Waals surface area (Å²) in [5.74, 6) is 0.613. The van der Waals surface area contributed by atoms with Crippen LogP contribution in [-0.2, 0) is 0 Å². The van der Waals surface area contributed by atoms with Gasteiger partial charge in [-0.15, -0.1) is 0 Å². The van der Waals surface area contributed by atoms with Crippen LogP contribution >= 0.6 is 0 Å². The number of aryl methyl sites for hydroxylation is 2. The molecule has 2 aliphatic rings. The highest BCUT2D eigenvalue weighted by molar-refractivity contribution is 5.80. The zero-order chi connectivity index (χ0) is 21.3. The minimum absolute atomic E-state index is 0.296. The number of rotatable bonds is 2. The van der Waals surface area contributed by atoms with E-state index in [4.69, 9.17) is 4.42 Å². The summed E-state index contributed by atoms with van der Waals surface area (Å²) >= 11 is 0. The fourth-order valence-electron chi connectivity index (χ4n) is 5.38. The summed E-state index contributed by atoms with van der Waals surface area (Å²) in [5.41, 5.74) is 5.33. The average Bonchev–Trinajstić information content (AvgIpc) is 3.30. The van der Waals surface area contributed by atoms with Gasteiger partial charge in [-0.05, 0) is 88.8 Å². The van der Waals surface area contributed by atoms with Gasteiger partial charge in [0.2, 0.25) is 0 Å². The predicted molar refractivity (Wildman–Crippen MR) is 117 cm³/mol. The third-order valence-corrected chi connectivity index (χ3v) is 7.25. The summed E-state index contributed by atoms with van der Waals surface area (Å²) in [6.45, 7) is 6.24. The molecule has 0 bridgehead atoms. The topological polar surface area (TPSA) is 59.5 Å². The van der Waals surface area contributed by atoms with E-state index >= 15 is 0 Å². The van der Waals surface area contributed by atoms with Gasteiger partial charge in [0.25, 0.3) is 0 Å². The lowest BCUT2D eigenvalue weighted by atomic mass is 9.57. The lowest BCUT2D eigenvalue weighted by molar-refractivity contribution is 0.0160. The second kappa shape index (κ2) is 6.60. The monoisotopic (exact) mass is 419 g/mol. The third-order valence-electron chi connectivity index (χ3n) is 7.25. The normalized spacial score (nSPS) is 19.5. The first-order chi connectivity index (χ1) is 14.9. The number of fused-ring (bicyclic) bond motifs is 2. The zero-order valence-corrected chi connectivity index (χ0v) is 18.2. The van der Waals surface area contributed by atoms with E-state index in [1.165, 1.54) is 18.9 Å². The summed E-state index contributed by atoms with van der Waals surface area (Å²) in [6.07, 6.45) is 6.54. The van der Waals surface area contributed by atoms with Crippen LogP contribution in [-0.4, -0.2) is 44.6 Å². The van der Waals surface area contributed by atoms with E-state index in [1.807, 2.05) is 32.2 Å². The van der Waals surface area contributed by atoms with Crippen molar-refractivity contribution in [2.24, 2.45) is 5.41 Å². The maximum Gasteiger partial charge on any atom is 0.198 e. The van der Waals surface area contributed by atoms with Gasteiger partial charge >= 0.3 is 0 Å². The fourth-order valence-corrected chi connectivity index (χ4v) is 5.38. The number of benzene rings is 1. The number of piperidine rings is 1. The maximum atomic E-state index is 15.0. The van der Waals surface area contributed by atoms with Gasteiger partial charge in [-0.25, -0.2) is 18.9 Å². The Hall–Kier alpha value is -2.80. The molecule has 1 aliphatic heterocycles. The molecule has 1 aromatic carbocycles. The first-order valence-electron chi connectivity index (χ1n) is 11.0. The molecule has 0 radical (unpaired) electrons. The van der Waals surface area contributed by atoms with Crippen LogP contribution in [0.2, 0.25) is 0 Å². The predicted octanol–water partition coefficient (Wildman–Crippen LogP) is 4.88. The van der Waals surface area contributed by atoms with Crippen molar-refractivity contribution in [2.45, 2.75) is 45.4 Å². The van der Waals surface area contributed by atoms with Gasteiger partial charge in [-0.1, -0.05) is 0 Å². The molecule has 7 heteroatoms. The van der Waals surface area contributed by atoms with E-state index in [-0.39, 0.29) is 5.82 Å². The van der Waals surface area contributed by atoms with Crippen molar-refractivity contribution in [3.63, 3.8) is 0 Å². The third kappa shape index (κ3) is 3.05. The number of hydrogen-bond donors (Lipinski definition) is 0. The summed E-state index contributed by atoms with van der Waals surface area (Å²) in [7, 11) is 2.19. The molecule has 6 rings (SSSR count). The second-order valence-corrected chi connectivity index (χ2v) is 9.63. The molecule has 6 nitrogen and oxygen atoms in total. The number of hydrogen-bond acceptors (Lipinski definition) is 5. The van der Waals surface area contributed by atoms with E-state index in [2.05, 4.69) is 27.0 Å². The SMILES string of the molecule is Cc1cn2nc(-c3cc(F)c4nc(C5CC6(CCN(C)CC6)C5)oc4c3)cc(C)c2n1. The number of aromatic nitrogens is 4. The number of likely N-dealkylation sites (tertiary alicyclic amines) is 1. The molecule has 1 spiro atoms. The standard InChI is InChI=1S/C24H26FN5O/c1-14-8-19(28-30-13-15(2)26-22(14)30)16-9-18(25)21-20(10-16)31-23(27-21)17-11-24(12-17)4-6-29(3)7-5-24/h8-10,13,17H,4-7,11-12H2,1-3H3. The van der Waals surface area contributed by atoms with Gasteiger partial charge in [0, 0.05) is 11.5 Å². The van der Waals surface area contributed by atoms with Crippen LogP contribution in [0.4, 0.5) is 4.39 Å². The van der Waals surface area contributed by atoms with Crippen LogP contribution in [0, 0.1) is 25.1 Å². The molecule has 0 atom stereocenters. The highest BCUT2D eigenvalue weighted by Gasteiger charge is 2.47. The zero-order valence-electron chi connectivity index (χ0n) is 18.2. The molecule has 0 unspecified atom stereocenters. The van der Waals surface area contributed by atoms with Crippen LogP contribution < -0.4 is 0 Å². The molecule has 3 aromatic heterocycles. The summed E-state index contributed by atoms with van der Waals surface area (Å²) in [5, 5.41) is 4.63. The Morgan fingerprint density at radius 3 is 2.65 bits per heavy atom. The van der Waals surface area contributed by atoms with Crippen molar-refractivity contribution in [3.8, 4) is 11.3 Å². The Morgan fingerprint density at radius 1 is 1.10 bits per heavy atom. The van der Waals surface area contributed by atoms with Crippen LogP contribution in [0.1, 0.15) is 48.7 Å². The fraction of sp³-hybridized carbons (Fsp3) is 0.458. The Morgan fingerprint density at radius 2 is 1.87 bits per heavy atom. The molecule has 0 amide bonds. The first kappa shape index (κ1) is 18.9. The largest absolute Gasteiger partial charge is 0.440 e. The highest BCUT2D eigenvalue weighted by Crippen LogP contribution is 2.56. The Balaban J connectivity index is 1.32. The maximum absolute atomic E-state index is 15.0. The molecular formula is C24H26FN5O. The molecular weight excluding hydrogens is 393 g/mol. The summed E-state index contributed by atoms with van der Waals surface area (Å²) in [4.78, 5) is 11.4. The van der Waals surface area contributed by atoms with Crippen molar-refractivity contribution in [1.29, 1.82) is 0 Å². The average molecular weight is 420 g/mol. The number of halogens is 1. The number of imidazole rings is 1. The van der Waals surface area contributed by atoms with Gasteiger partial charge in [-0.2, -0.15) is 5.10 Å². The van der Waals surface area contributed by atoms with Gasteiger partial charge in [0.1, 0.15) is 5.52 Å². The van der Waals surface area contributed by atoms with Crippen molar-refractivity contribution in [3.05, 3.63) is 47.4 Å². The van der Waals surface area contributed by atoms with E-state index in [1.54, 1.807) is 4.52 Å². The molecule has 2 fully saturated rings. The number of oxazole rings is 1. The summed E-state index contributed by atoms with van der Waals surface area (Å²) in [6, 6.07) is 5.30. The van der Waals surface area contributed by atoms with Crippen molar-refractivity contribution >= 4 is 16.7 Å². The van der Waals surface area contributed by atoms with Gasteiger partial charge in [0.05, 0.1) is 17.6 Å². The van der Waals surface area contributed by atoms with Crippen molar-refractivity contribution < 1.29 is 8.81 Å². The van der Waals surface area contributed by atoms with E-state index in [0.29, 0.717) is 39.6 Å². The minimum Gasteiger partial charge on any atom is -0.440 e. The molecule has 1 saturated heterocycles. The Labute approximate surface area is 180 Å². The van der Waals surface area contributed by atoms with Crippen molar-refractivity contribution in [1.82, 2.24) is 24.5 Å². The molecule has 1 saturated carbocycles. The Bertz CT molecular complexity index is 1310. The van der Waals surface area contributed by atoms with Gasteiger partial charge in [-0.3, -0.25) is 0 Å². The molecule has 0 N–H and O–H groups in total. The van der Waals surface area contributed by atoms with Crippen LogP contribution in [0.25, 0.3) is 28.0 Å². The quantitative estimate of drug-likeness (QED) is 0.463. The number of nitrogens with zero attached hydrogens (tertiary/aromatic N) is 5. The lowest BCUT2D eigenvalue weighted by Crippen LogP contribution is -2.45. The van der Waals surface area contributed by atoms with Gasteiger partial charge < -0.3 is 9.32 Å². The van der Waals surface area contributed by atoms with Crippen LogP contribution in [0.15, 0.2) is 28.8 Å². The van der Waals surface area contributed by atoms with Crippen molar-refractivity contribution in [2.75, 3.05) is 20.1 Å². The highest BCUT2D eigenvalue weighted by atomic mass is 19.1. The van der Waals surface area contributed by atoms with E-state index < -0.39 is 0 Å². The smallest absolute Gasteiger partial charge is 0.198 e. The van der Waals surface area contributed by atoms with Crippen LogP contribution in [0.5, 0.6) is 0 Å². The van der Waals surface area contributed by atoms with Crippen LogP contribution in [0.3, 0.4) is 0 Å². The lowest BCUT2D eigenvalue weighted by Gasteiger charge is -2.50. The van der Waals surface area contributed by atoms with Gasteiger partial charge in [0.15, 0.2) is 22.9 Å². The molecule has 4 aromatic rings. The molecule has 4 heterocycles. The molecule has 1 aliphatic carbocycles. The minimum atomic E-state index is -0.364. The van der Waals surface area contributed by atoms with E-state index in [0.717, 1.165) is 42.8 Å². The molecule has 31 heavy (non-hydrogen) atoms. The second-order valence-electron chi connectivity index (χ2n) is 9.63. The molecule has 160 valence electrons. The van der Waals surface area contributed by atoms with E-state index in [9.17, 15) is 4.39 Å². The Kier molecular flexibility index (Phi) is 4.03. The summed E-state index contributed by atoms with van der Waals surface area (Å²) < 4.78 is 22.8.